The van der Waals surface area contributed by atoms with Crippen molar-refractivity contribution in [3.63, 3.8) is 0 Å². The van der Waals surface area contributed by atoms with Gasteiger partial charge in [0.2, 0.25) is 11.8 Å². The number of hydrogen-bond acceptors (Lipinski definition) is 7. The van der Waals surface area contributed by atoms with Gasteiger partial charge in [0, 0.05) is 5.56 Å². The van der Waals surface area contributed by atoms with Crippen LogP contribution in [0.1, 0.15) is 25.3 Å². The quantitative estimate of drug-likeness (QED) is 0.583. The maximum Gasteiger partial charge on any atom is 0.325 e. The molecule has 0 unspecified atom stereocenters. The zero-order valence-corrected chi connectivity index (χ0v) is 17.4. The van der Waals surface area contributed by atoms with Crippen molar-refractivity contribution in [2.75, 3.05) is 13.7 Å². The Morgan fingerprint density at radius 1 is 1.03 bits per heavy atom. The first kappa shape index (κ1) is 20.4. The van der Waals surface area contributed by atoms with Crippen molar-refractivity contribution < 1.29 is 23.5 Å². The van der Waals surface area contributed by atoms with E-state index in [1.807, 2.05) is 6.92 Å². The molecule has 160 valence electrons. The fourth-order valence-corrected chi connectivity index (χ4v) is 3.39. The standard InChI is InChI=1S/C22H22N4O5/c1-4-30-17-11-7-15(8-12-17)22(2)20(27)26(21(28)23-22)13-18-24-25-19(31-18)14-5-9-16(29-3)10-6-14/h5-12H,4,13H2,1-3H3,(H,23,28)/t22-/m0/s1. The van der Waals surface area contributed by atoms with Crippen LogP contribution in [-0.4, -0.2) is 40.8 Å². The molecule has 3 amide bonds. The first-order valence-corrected chi connectivity index (χ1v) is 9.79. The molecular formula is C22H22N4O5. The van der Waals surface area contributed by atoms with Crippen LogP contribution >= 0.6 is 0 Å². The van der Waals surface area contributed by atoms with Gasteiger partial charge >= 0.3 is 6.03 Å². The third-order valence-electron chi connectivity index (χ3n) is 5.11. The van der Waals surface area contributed by atoms with Crippen LogP contribution in [0.3, 0.4) is 0 Å². The average Bonchev–Trinajstić information content (AvgIpc) is 3.34. The number of aromatic nitrogens is 2. The van der Waals surface area contributed by atoms with Gasteiger partial charge in [-0.3, -0.25) is 9.69 Å². The summed E-state index contributed by atoms with van der Waals surface area (Å²) in [6.45, 7) is 3.98. The van der Waals surface area contributed by atoms with Crippen molar-refractivity contribution in [3.05, 3.63) is 60.0 Å². The number of nitrogens with one attached hydrogen (secondary N) is 1. The number of benzene rings is 2. The van der Waals surface area contributed by atoms with Gasteiger partial charge in [0.1, 0.15) is 23.6 Å². The number of carbonyl (C=O) groups is 2. The number of carbonyl (C=O) groups excluding carboxylic acids is 2. The lowest BCUT2D eigenvalue weighted by Crippen LogP contribution is -2.40. The van der Waals surface area contributed by atoms with Crippen molar-refractivity contribution in [1.82, 2.24) is 20.4 Å². The van der Waals surface area contributed by atoms with Crippen LogP contribution in [0.15, 0.2) is 52.9 Å². The topological polar surface area (TPSA) is 107 Å². The van der Waals surface area contributed by atoms with E-state index in [-0.39, 0.29) is 12.4 Å². The van der Waals surface area contributed by atoms with E-state index in [2.05, 4.69) is 15.5 Å². The Bertz CT molecular complexity index is 1090. The van der Waals surface area contributed by atoms with Gasteiger partial charge < -0.3 is 19.2 Å². The van der Waals surface area contributed by atoms with Crippen molar-refractivity contribution in [2.24, 2.45) is 0 Å². The molecule has 4 rings (SSSR count). The van der Waals surface area contributed by atoms with Crippen LogP contribution < -0.4 is 14.8 Å². The zero-order chi connectivity index (χ0) is 22.0. The molecule has 0 aliphatic carbocycles. The number of nitrogens with zero attached hydrogens (tertiary/aromatic N) is 3. The SMILES string of the molecule is CCOc1ccc([C@]2(C)NC(=O)N(Cc3nnc(-c4ccc(OC)cc4)o3)C2=O)cc1. The number of hydrogen-bond donors (Lipinski definition) is 1. The lowest BCUT2D eigenvalue weighted by Gasteiger charge is -2.22. The van der Waals surface area contributed by atoms with Crippen LogP contribution in [0, 0.1) is 0 Å². The highest BCUT2D eigenvalue weighted by Gasteiger charge is 2.49. The van der Waals surface area contributed by atoms with Crippen molar-refractivity contribution in [1.29, 1.82) is 0 Å². The van der Waals surface area contributed by atoms with E-state index in [1.54, 1.807) is 62.6 Å². The predicted octanol–water partition coefficient (Wildman–Crippen LogP) is 3.11. The number of amides is 3. The van der Waals surface area contributed by atoms with Gasteiger partial charge in [-0.05, 0) is 55.8 Å². The van der Waals surface area contributed by atoms with Gasteiger partial charge in [0.05, 0.1) is 13.7 Å². The summed E-state index contributed by atoms with van der Waals surface area (Å²) in [7, 11) is 1.58. The molecule has 0 saturated carbocycles. The third kappa shape index (κ3) is 3.81. The Balaban J connectivity index is 1.51. The second-order valence-electron chi connectivity index (χ2n) is 7.13. The van der Waals surface area contributed by atoms with Crippen molar-refractivity contribution in [2.45, 2.75) is 25.9 Å². The molecule has 1 atom stereocenters. The molecule has 9 heteroatoms. The summed E-state index contributed by atoms with van der Waals surface area (Å²) in [5, 5.41) is 10.8. The fourth-order valence-electron chi connectivity index (χ4n) is 3.39. The molecule has 9 nitrogen and oxygen atoms in total. The van der Waals surface area contributed by atoms with Crippen LogP contribution in [0.2, 0.25) is 0 Å². The highest BCUT2D eigenvalue weighted by atomic mass is 16.5. The molecule has 0 bridgehead atoms. The maximum atomic E-state index is 13.1. The molecule has 0 spiro atoms. The molecular weight excluding hydrogens is 400 g/mol. The Labute approximate surface area is 179 Å². The highest BCUT2D eigenvalue weighted by Crippen LogP contribution is 2.31. The second-order valence-corrected chi connectivity index (χ2v) is 7.13. The normalized spacial score (nSPS) is 18.2. The minimum absolute atomic E-state index is 0.125. The van der Waals surface area contributed by atoms with Crippen LogP contribution in [0.4, 0.5) is 4.79 Å². The van der Waals surface area contributed by atoms with Gasteiger partial charge in [0.15, 0.2) is 0 Å². The second kappa shape index (κ2) is 8.10. The van der Waals surface area contributed by atoms with Gasteiger partial charge in [-0.2, -0.15) is 0 Å². The molecule has 2 heterocycles. The number of urea groups is 1. The summed E-state index contributed by atoms with van der Waals surface area (Å²) in [4.78, 5) is 26.7. The van der Waals surface area contributed by atoms with E-state index in [1.165, 1.54) is 0 Å². The van der Waals surface area contributed by atoms with Crippen LogP contribution in [0.5, 0.6) is 11.5 Å². The monoisotopic (exact) mass is 422 g/mol. The summed E-state index contributed by atoms with van der Waals surface area (Å²) in [6.07, 6.45) is 0. The van der Waals surface area contributed by atoms with E-state index in [9.17, 15) is 9.59 Å². The molecule has 1 fully saturated rings. The zero-order valence-electron chi connectivity index (χ0n) is 17.4. The summed E-state index contributed by atoms with van der Waals surface area (Å²) in [5.74, 6) is 1.45. The first-order chi connectivity index (χ1) is 14.9. The van der Waals surface area contributed by atoms with Gasteiger partial charge in [0.25, 0.3) is 5.91 Å². The van der Waals surface area contributed by atoms with E-state index < -0.39 is 17.5 Å². The Hall–Kier alpha value is -3.88. The van der Waals surface area contributed by atoms with E-state index in [0.29, 0.717) is 35.1 Å². The maximum absolute atomic E-state index is 13.1. The summed E-state index contributed by atoms with van der Waals surface area (Å²) in [5.41, 5.74) is 0.165. The molecule has 1 saturated heterocycles. The van der Waals surface area contributed by atoms with E-state index in [0.717, 1.165) is 4.90 Å². The van der Waals surface area contributed by atoms with Gasteiger partial charge in [-0.25, -0.2) is 4.79 Å². The van der Waals surface area contributed by atoms with E-state index >= 15 is 0 Å². The summed E-state index contributed by atoms with van der Waals surface area (Å²) < 4.78 is 16.2. The van der Waals surface area contributed by atoms with Crippen LogP contribution in [0.25, 0.3) is 11.5 Å². The summed E-state index contributed by atoms with van der Waals surface area (Å²) in [6, 6.07) is 13.7. The number of ether oxygens (including phenoxy) is 2. The Morgan fingerprint density at radius 3 is 2.35 bits per heavy atom. The number of imide groups is 1. The molecule has 2 aromatic carbocycles. The smallest absolute Gasteiger partial charge is 0.325 e. The largest absolute Gasteiger partial charge is 0.497 e. The molecule has 1 aliphatic heterocycles. The Kier molecular flexibility index (Phi) is 5.33. The number of methoxy groups -OCH3 is 1. The molecule has 1 N–H and O–H groups in total. The number of rotatable bonds is 7. The molecule has 1 aliphatic rings. The van der Waals surface area contributed by atoms with Gasteiger partial charge in [-0.15, -0.1) is 10.2 Å². The van der Waals surface area contributed by atoms with Crippen LogP contribution in [-0.2, 0) is 16.9 Å². The van der Waals surface area contributed by atoms with Crippen molar-refractivity contribution >= 4 is 11.9 Å². The first-order valence-electron chi connectivity index (χ1n) is 9.79. The minimum Gasteiger partial charge on any atom is -0.497 e. The Morgan fingerprint density at radius 2 is 1.71 bits per heavy atom. The molecule has 1 aromatic heterocycles. The minimum atomic E-state index is -1.19. The van der Waals surface area contributed by atoms with Gasteiger partial charge in [-0.1, -0.05) is 12.1 Å². The predicted molar refractivity (Wildman–Crippen MR) is 110 cm³/mol. The summed E-state index contributed by atoms with van der Waals surface area (Å²) >= 11 is 0. The average molecular weight is 422 g/mol. The fraction of sp³-hybridized carbons (Fsp3) is 0.273. The lowest BCUT2D eigenvalue weighted by atomic mass is 9.92. The highest BCUT2D eigenvalue weighted by molar-refractivity contribution is 6.07. The van der Waals surface area contributed by atoms with E-state index in [4.69, 9.17) is 13.9 Å². The lowest BCUT2D eigenvalue weighted by molar-refractivity contribution is -0.131. The molecule has 3 aromatic rings. The molecule has 31 heavy (non-hydrogen) atoms. The third-order valence-corrected chi connectivity index (χ3v) is 5.11. The molecule has 0 radical (unpaired) electrons. The van der Waals surface area contributed by atoms with Crippen molar-refractivity contribution in [3.8, 4) is 23.0 Å².